The fourth-order valence-corrected chi connectivity index (χ4v) is 4.21. The Labute approximate surface area is 185 Å². The minimum absolute atomic E-state index is 0.0290. The predicted molar refractivity (Wildman–Crippen MR) is 123 cm³/mol. The zero-order valence-corrected chi connectivity index (χ0v) is 20.1. The third kappa shape index (κ3) is 13.3. The maximum Gasteiger partial charge on any atom is 0.308 e. The van der Waals surface area contributed by atoms with Crippen LogP contribution >= 0.6 is 0 Å². The number of hydrogen-bond acceptors (Lipinski definition) is 4. The lowest BCUT2D eigenvalue weighted by atomic mass is 9.82. The van der Waals surface area contributed by atoms with Gasteiger partial charge < -0.3 is 9.47 Å². The Balaban J connectivity index is 2.00. The highest BCUT2D eigenvalue weighted by Crippen LogP contribution is 2.30. The summed E-state index contributed by atoms with van der Waals surface area (Å²) in [7, 11) is 0. The van der Waals surface area contributed by atoms with Crippen molar-refractivity contribution in [1.29, 1.82) is 0 Å². The fourth-order valence-electron chi connectivity index (χ4n) is 4.21. The van der Waals surface area contributed by atoms with Crippen molar-refractivity contribution in [2.45, 2.75) is 124 Å². The summed E-state index contributed by atoms with van der Waals surface area (Å²) in [5.74, 6) is 0.516. The highest BCUT2D eigenvalue weighted by Gasteiger charge is 2.31. The first-order chi connectivity index (χ1) is 14.5. The van der Waals surface area contributed by atoms with E-state index in [4.69, 9.17) is 9.47 Å². The lowest BCUT2D eigenvalue weighted by Crippen LogP contribution is -2.28. The van der Waals surface area contributed by atoms with Gasteiger partial charge in [-0.1, -0.05) is 78.6 Å². The van der Waals surface area contributed by atoms with Crippen LogP contribution < -0.4 is 0 Å². The normalized spacial score (nSPS) is 19.1. The summed E-state index contributed by atoms with van der Waals surface area (Å²) in [5.41, 5.74) is 0. The van der Waals surface area contributed by atoms with Crippen molar-refractivity contribution in [3.05, 3.63) is 0 Å². The van der Waals surface area contributed by atoms with Gasteiger partial charge in [0, 0.05) is 0 Å². The van der Waals surface area contributed by atoms with E-state index >= 15 is 0 Å². The molecule has 0 aromatic rings. The first kappa shape index (κ1) is 27.0. The average Bonchev–Trinajstić information content (AvgIpc) is 2.74. The highest BCUT2D eigenvalue weighted by atomic mass is 16.5. The second kappa shape index (κ2) is 17.6. The second-order valence-corrected chi connectivity index (χ2v) is 9.60. The van der Waals surface area contributed by atoms with Gasteiger partial charge in [-0.25, -0.2) is 0 Å². The molecule has 1 saturated carbocycles. The van der Waals surface area contributed by atoms with E-state index in [0.717, 1.165) is 51.4 Å². The van der Waals surface area contributed by atoms with Crippen molar-refractivity contribution >= 4 is 11.9 Å². The van der Waals surface area contributed by atoms with Crippen LogP contribution in [-0.4, -0.2) is 25.2 Å². The smallest absolute Gasteiger partial charge is 0.308 e. The van der Waals surface area contributed by atoms with Gasteiger partial charge in [0.05, 0.1) is 25.0 Å². The molecule has 0 spiro atoms. The molecule has 0 N–H and O–H groups in total. The van der Waals surface area contributed by atoms with E-state index in [1.807, 2.05) is 0 Å². The molecular weight excluding hydrogens is 376 g/mol. The third-order valence-corrected chi connectivity index (χ3v) is 6.31. The number of carbonyl (C=O) groups is 2. The summed E-state index contributed by atoms with van der Waals surface area (Å²) in [5, 5.41) is 0. The first-order valence-electron chi connectivity index (χ1n) is 12.9. The van der Waals surface area contributed by atoms with E-state index in [1.165, 1.54) is 51.4 Å². The Kier molecular flexibility index (Phi) is 15.8. The zero-order valence-electron chi connectivity index (χ0n) is 20.1. The lowest BCUT2D eigenvalue weighted by molar-refractivity contribution is -0.155. The topological polar surface area (TPSA) is 52.6 Å². The minimum atomic E-state index is -0.0685. The van der Waals surface area contributed by atoms with Crippen LogP contribution in [0.1, 0.15) is 124 Å². The first-order valence-corrected chi connectivity index (χ1v) is 12.9. The van der Waals surface area contributed by atoms with Gasteiger partial charge in [0.1, 0.15) is 0 Å². The molecule has 176 valence electrons. The molecule has 0 saturated heterocycles. The molecule has 0 aromatic carbocycles. The predicted octanol–water partition coefficient (Wildman–Crippen LogP) is 7.24. The summed E-state index contributed by atoms with van der Waals surface area (Å²) >= 11 is 0. The van der Waals surface area contributed by atoms with Gasteiger partial charge in [0.25, 0.3) is 0 Å². The quantitative estimate of drug-likeness (QED) is 0.182. The molecule has 1 aliphatic carbocycles. The van der Waals surface area contributed by atoms with Crippen LogP contribution in [-0.2, 0) is 19.1 Å². The molecule has 0 amide bonds. The van der Waals surface area contributed by atoms with Gasteiger partial charge in [-0.05, 0) is 50.9 Å². The molecule has 0 radical (unpaired) electrons. The molecule has 0 unspecified atom stereocenters. The van der Waals surface area contributed by atoms with Gasteiger partial charge in [-0.3, -0.25) is 9.59 Å². The molecule has 0 bridgehead atoms. The Hall–Kier alpha value is -1.06. The van der Waals surface area contributed by atoms with Crippen LogP contribution in [0.4, 0.5) is 0 Å². The van der Waals surface area contributed by atoms with Gasteiger partial charge in [0.15, 0.2) is 0 Å². The summed E-state index contributed by atoms with van der Waals surface area (Å²) < 4.78 is 10.9. The van der Waals surface area contributed by atoms with Crippen LogP contribution in [0.25, 0.3) is 0 Å². The molecule has 4 heteroatoms. The van der Waals surface area contributed by atoms with Crippen LogP contribution in [0.3, 0.4) is 0 Å². The second-order valence-electron chi connectivity index (χ2n) is 9.60. The van der Waals surface area contributed by atoms with Gasteiger partial charge in [-0.15, -0.1) is 0 Å². The lowest BCUT2D eigenvalue weighted by Gasteiger charge is -2.26. The molecule has 1 rings (SSSR count). The minimum Gasteiger partial charge on any atom is -0.465 e. The highest BCUT2D eigenvalue weighted by molar-refractivity contribution is 5.75. The summed E-state index contributed by atoms with van der Waals surface area (Å²) in [6.45, 7) is 7.76. The van der Waals surface area contributed by atoms with Gasteiger partial charge in [0.2, 0.25) is 0 Å². The summed E-state index contributed by atoms with van der Waals surface area (Å²) in [4.78, 5) is 24.5. The van der Waals surface area contributed by atoms with E-state index < -0.39 is 0 Å². The van der Waals surface area contributed by atoms with Crippen LogP contribution in [0.5, 0.6) is 0 Å². The van der Waals surface area contributed by atoms with Crippen molar-refractivity contribution in [3.8, 4) is 0 Å². The molecular formula is C26H48O4. The Morgan fingerprint density at radius 2 is 1.07 bits per heavy atom. The average molecular weight is 425 g/mol. The molecule has 0 aromatic heterocycles. The van der Waals surface area contributed by atoms with Crippen molar-refractivity contribution in [3.63, 3.8) is 0 Å². The number of ether oxygens (including phenoxy) is 2. The number of carbonyl (C=O) groups excluding carboxylic acids is 2. The molecule has 0 aliphatic heterocycles. The van der Waals surface area contributed by atoms with Crippen LogP contribution in [0.2, 0.25) is 0 Å². The van der Waals surface area contributed by atoms with Crippen molar-refractivity contribution in [1.82, 2.24) is 0 Å². The summed E-state index contributed by atoms with van der Waals surface area (Å²) in [6.07, 6.45) is 17.6. The maximum absolute atomic E-state index is 12.3. The molecule has 4 nitrogen and oxygen atoms in total. The number of rotatable bonds is 17. The molecule has 1 aliphatic rings. The van der Waals surface area contributed by atoms with E-state index in [2.05, 4.69) is 20.8 Å². The van der Waals surface area contributed by atoms with Crippen molar-refractivity contribution in [2.75, 3.05) is 13.2 Å². The maximum atomic E-state index is 12.3. The molecule has 0 atom stereocenters. The number of hydrogen-bond donors (Lipinski definition) is 0. The Bertz CT molecular complexity index is 438. The largest absolute Gasteiger partial charge is 0.465 e. The van der Waals surface area contributed by atoms with E-state index in [1.54, 1.807) is 0 Å². The number of esters is 2. The fraction of sp³-hybridized carbons (Fsp3) is 0.923. The van der Waals surface area contributed by atoms with Crippen LogP contribution in [0, 0.1) is 17.8 Å². The number of unbranched alkanes of at least 4 members (excludes halogenated alkanes) is 9. The Morgan fingerprint density at radius 1 is 0.667 bits per heavy atom. The van der Waals surface area contributed by atoms with E-state index in [9.17, 15) is 9.59 Å². The van der Waals surface area contributed by atoms with Crippen molar-refractivity contribution < 1.29 is 19.1 Å². The van der Waals surface area contributed by atoms with Gasteiger partial charge in [-0.2, -0.15) is 0 Å². The van der Waals surface area contributed by atoms with E-state index in [-0.39, 0.29) is 23.8 Å². The van der Waals surface area contributed by atoms with Crippen LogP contribution in [0.15, 0.2) is 0 Å². The van der Waals surface area contributed by atoms with E-state index in [0.29, 0.717) is 19.1 Å². The monoisotopic (exact) mass is 424 g/mol. The third-order valence-electron chi connectivity index (χ3n) is 6.31. The SMILES string of the molecule is CCCCCCCCCCCOC(=O)C1CCC(C(=O)OCCCCC(C)C)CC1. The van der Waals surface area contributed by atoms with Crippen molar-refractivity contribution in [2.24, 2.45) is 17.8 Å². The molecule has 30 heavy (non-hydrogen) atoms. The molecule has 1 fully saturated rings. The van der Waals surface area contributed by atoms with Gasteiger partial charge >= 0.3 is 11.9 Å². The summed E-state index contributed by atoms with van der Waals surface area (Å²) in [6, 6.07) is 0. The molecule has 0 heterocycles. The zero-order chi connectivity index (χ0) is 22.0. The Morgan fingerprint density at radius 3 is 1.50 bits per heavy atom. The standard InChI is InChI=1S/C26H48O4/c1-4-5-6-7-8-9-10-11-13-20-29-25(27)23-16-18-24(19-17-23)26(28)30-21-14-12-15-22(2)3/h22-24H,4-21H2,1-3H3.